The second-order valence-electron chi connectivity index (χ2n) is 31.0. The molecule has 0 aromatic rings. The molecule has 50 atom stereocenters. The number of hydrogen-bond donors (Lipinski definition) is 31. The Hall–Kier alpha value is -3.96. The van der Waals surface area contributed by atoms with E-state index in [1.807, 2.05) is 0 Å². The van der Waals surface area contributed by atoms with Gasteiger partial charge in [-0.2, -0.15) is 0 Å². The van der Waals surface area contributed by atoms with Gasteiger partial charge in [-0.25, -0.2) is 0 Å². The SMILES string of the molecule is CC(=O)N[C@@H]1[C@H](O[C@@H]2[C@@H](O[C@@H]3[C@H](O)[C@H](O[C@H]4[C@H](O)[C@@H](NC(C)=O)[C@H](O[C@H]5[C@H](O)[C@@H](NC(C)=O)C(O)O[C@@H]5CO[C@H]5O[C@H](C)[C@H](O)[C@H](O)[C@H]5O)O[C@@H]4CO)O[C@H](CO[C@H]4O[C@H](CO)[C@@H](O)[C@H](O)[C@@H]4O[C@@H]4O[C@H](CO)[C@@H](O[C@@H]5O[C@H](CO)[C@H](O)[C@H](O)[C@H]5O)[C@H](O)[C@H]4NC(C)=O)[C@H]3O)O[C@H](CO)[C@@H](O)[C@@H]2O)O[C@H](CO)[C@@H](O[C@@H]2O[C@H](CO)[C@H](O)[C@H](O)[C@H]2O)[C@@H]1O. The monoisotopic (exact) mass is 1790 g/mol. The third-order valence-corrected chi connectivity index (χ3v) is 22.4. The molecule has 0 aliphatic carbocycles. The highest BCUT2D eigenvalue weighted by molar-refractivity contribution is 5.74. The second-order valence-corrected chi connectivity index (χ2v) is 31.0. The molecule has 31 N–H and O–H groups in total. The Morgan fingerprint density at radius 3 is 0.893 bits per heavy atom. The van der Waals surface area contributed by atoms with E-state index in [1.165, 1.54) is 6.92 Å². The lowest BCUT2D eigenvalue weighted by molar-refractivity contribution is -0.399. The van der Waals surface area contributed by atoms with Crippen LogP contribution in [-0.4, -0.2) is 528 Å². The van der Waals surface area contributed by atoms with Gasteiger partial charge in [-0.3, -0.25) is 19.2 Å². The van der Waals surface area contributed by atoms with Crippen molar-refractivity contribution in [1.29, 1.82) is 0 Å². The summed E-state index contributed by atoms with van der Waals surface area (Å²) in [5.41, 5.74) is 0. The molecule has 0 bridgehead atoms. The average molecular weight is 1790 g/mol. The van der Waals surface area contributed by atoms with Gasteiger partial charge in [-0.05, 0) is 6.92 Å². The van der Waals surface area contributed by atoms with Crippen LogP contribution in [0.2, 0.25) is 0 Å². The maximum absolute atomic E-state index is 13.3. The Morgan fingerprint density at radius 1 is 0.230 bits per heavy atom. The van der Waals surface area contributed by atoms with Gasteiger partial charge in [0.1, 0.15) is 238 Å². The van der Waals surface area contributed by atoms with Crippen molar-refractivity contribution in [2.24, 2.45) is 0 Å². The molecule has 0 aromatic heterocycles. The number of rotatable bonds is 31. The van der Waals surface area contributed by atoms with Crippen LogP contribution in [0.5, 0.6) is 0 Å². The number of carbonyl (C=O) groups is 4. The van der Waals surface area contributed by atoms with E-state index in [-0.39, 0.29) is 0 Å². The van der Waals surface area contributed by atoms with Gasteiger partial charge in [-0.1, -0.05) is 0 Å². The first-order valence-corrected chi connectivity index (χ1v) is 39.0. The van der Waals surface area contributed by atoms with Crippen molar-refractivity contribution >= 4 is 23.6 Å². The minimum atomic E-state index is -2.63. The summed E-state index contributed by atoms with van der Waals surface area (Å²) in [6.07, 6.45) is -95.2. The Kier molecular flexibility index (Phi) is 35.8. The number of aliphatic hydroxyl groups excluding tert-OH is 27. The van der Waals surface area contributed by atoms with Crippen LogP contribution in [0.15, 0.2) is 0 Å². The van der Waals surface area contributed by atoms with Gasteiger partial charge in [0.25, 0.3) is 0 Å². The normalized spacial score (nSPS) is 49.7. The van der Waals surface area contributed by atoms with Crippen molar-refractivity contribution in [2.45, 2.75) is 341 Å². The van der Waals surface area contributed by atoms with Crippen molar-refractivity contribution in [3.63, 3.8) is 0 Å². The molecule has 10 fully saturated rings. The molecule has 122 heavy (non-hydrogen) atoms. The summed E-state index contributed by atoms with van der Waals surface area (Å²) in [5.74, 6) is -3.76. The zero-order chi connectivity index (χ0) is 89.8. The van der Waals surface area contributed by atoms with Gasteiger partial charge >= 0.3 is 0 Å². The van der Waals surface area contributed by atoms with E-state index in [0.717, 1.165) is 27.7 Å². The summed E-state index contributed by atoms with van der Waals surface area (Å²) >= 11 is 0. The van der Waals surface area contributed by atoms with Gasteiger partial charge in [0.05, 0.1) is 65.6 Å². The minimum absolute atomic E-state index is 0.846. The van der Waals surface area contributed by atoms with Crippen molar-refractivity contribution in [2.75, 3.05) is 59.5 Å². The molecule has 10 heterocycles. The van der Waals surface area contributed by atoms with E-state index in [4.69, 9.17) is 90.0 Å². The Morgan fingerprint density at radius 2 is 0.500 bits per heavy atom. The summed E-state index contributed by atoms with van der Waals surface area (Å²) in [7, 11) is 0. The predicted octanol–water partition coefficient (Wildman–Crippen LogP) is -21.2. The molecule has 10 saturated heterocycles. The van der Waals surface area contributed by atoms with E-state index < -0.39 is 390 Å². The molecular weight excluding hydrogens is 1670 g/mol. The van der Waals surface area contributed by atoms with Gasteiger partial charge < -0.3 is 249 Å². The molecular formula is C68H114N4O50. The molecule has 4 amide bonds. The highest BCUT2D eigenvalue weighted by Crippen LogP contribution is 2.41. The van der Waals surface area contributed by atoms with E-state index in [2.05, 4.69) is 21.3 Å². The number of nitrogens with one attached hydrogen (secondary N) is 4. The standard InChI is InChI=1S/C68H114N4O50/c1-15-33(84)43(94)48(99)63(106-15)104-14-28-55(39(90)29(59(103)107-28)69-16(2)80)116-60-30(70-17(3)81)40(91)54(26(12-79)112-60)119-66-51(102)56(120-68-58(47(98)37(88)23(9-76)111-68)122-62-32(72-19(5)83)42(93)53(25(11-78)114-62)118-65-50(101)45(96)35(86)21(7-74)109-65)38(89)27(115-66)13-105-67-57(46(97)36(87)22(8-75)110-67)121-61-31(71-18(4)82)41(92)52(24(10-77)113-61)117-64-49(100)44(95)34(85)20(6-73)108-64/h15,20-68,73-79,84-103H,6-14H2,1-5H3,(H,69,80)(H,70,81)(H,71,82)(H,72,83)/t15-,20-,21-,22-,23-,24-,25-,26-,27-,28-,29-,30-,31-,32+,33+,34+,35+,36-,37-,38-,39-,40-,41-,42-,43+,44+,45+,46+,47+,48-,49-,50-,51+,52-,53-,54-,55-,56+,57+,58+,59?,60+,61+,62+,63+,64+,65+,66+,67+,68-/m1/s1. The maximum atomic E-state index is 13.3. The fourth-order valence-corrected chi connectivity index (χ4v) is 15.8. The largest absolute Gasteiger partial charge is 0.394 e. The van der Waals surface area contributed by atoms with E-state index in [0.29, 0.717) is 0 Å². The fourth-order valence-electron chi connectivity index (χ4n) is 15.8. The Labute approximate surface area is 691 Å². The number of aliphatic hydroxyl groups is 27. The van der Waals surface area contributed by atoms with Gasteiger partial charge in [-0.15, -0.1) is 0 Å². The molecule has 0 aromatic carbocycles. The summed E-state index contributed by atoms with van der Waals surface area (Å²) in [5, 5.41) is 310. The van der Waals surface area contributed by atoms with Crippen LogP contribution in [0.3, 0.4) is 0 Å². The number of amides is 4. The summed E-state index contributed by atoms with van der Waals surface area (Å²) in [4.78, 5) is 51.6. The van der Waals surface area contributed by atoms with Crippen LogP contribution < -0.4 is 21.3 Å². The molecule has 0 radical (unpaired) electrons. The van der Waals surface area contributed by atoms with Crippen molar-refractivity contribution in [3.05, 3.63) is 0 Å². The molecule has 10 aliphatic rings. The van der Waals surface area contributed by atoms with Crippen molar-refractivity contribution < 1.29 is 247 Å². The molecule has 10 aliphatic heterocycles. The van der Waals surface area contributed by atoms with E-state index in [1.54, 1.807) is 0 Å². The van der Waals surface area contributed by atoms with Crippen molar-refractivity contribution in [3.8, 4) is 0 Å². The lowest BCUT2D eigenvalue weighted by atomic mass is 9.93. The number of carbonyl (C=O) groups excluding carboxylic acids is 4. The second kappa shape index (κ2) is 43.6. The topological polar surface area (TPSA) is 838 Å². The third-order valence-electron chi connectivity index (χ3n) is 22.4. The lowest BCUT2D eigenvalue weighted by Gasteiger charge is -2.51. The number of hydrogen-bond acceptors (Lipinski definition) is 50. The molecule has 0 saturated carbocycles. The first-order valence-electron chi connectivity index (χ1n) is 39.0. The van der Waals surface area contributed by atoms with Gasteiger partial charge in [0, 0.05) is 27.7 Å². The highest BCUT2D eigenvalue weighted by atomic mass is 16.8. The van der Waals surface area contributed by atoms with Crippen LogP contribution in [-0.2, 0) is 109 Å². The van der Waals surface area contributed by atoms with Crippen LogP contribution in [0.25, 0.3) is 0 Å². The van der Waals surface area contributed by atoms with E-state index >= 15 is 0 Å². The zero-order valence-corrected chi connectivity index (χ0v) is 65.7. The van der Waals surface area contributed by atoms with Crippen molar-refractivity contribution in [1.82, 2.24) is 21.3 Å². The average Bonchev–Trinajstić information content (AvgIpc) is 0.775. The number of ether oxygens (including phenoxy) is 19. The van der Waals surface area contributed by atoms with Crippen LogP contribution >= 0.6 is 0 Å². The lowest BCUT2D eigenvalue weighted by Crippen LogP contribution is -2.71. The first-order chi connectivity index (χ1) is 57.7. The highest BCUT2D eigenvalue weighted by Gasteiger charge is 2.62. The first kappa shape index (κ1) is 100. The zero-order valence-electron chi connectivity index (χ0n) is 65.7. The smallest absolute Gasteiger partial charge is 0.217 e. The predicted molar refractivity (Wildman–Crippen MR) is 375 cm³/mol. The van der Waals surface area contributed by atoms with Crippen LogP contribution in [0, 0.1) is 0 Å². The third kappa shape index (κ3) is 22.0. The summed E-state index contributed by atoms with van der Waals surface area (Å²) < 4.78 is 113. The van der Waals surface area contributed by atoms with Crippen LogP contribution in [0.4, 0.5) is 0 Å². The molecule has 10 rings (SSSR count). The van der Waals surface area contributed by atoms with Gasteiger partial charge in [0.15, 0.2) is 62.9 Å². The summed E-state index contributed by atoms with van der Waals surface area (Å²) in [6, 6.07) is -7.69. The Bertz CT molecular complexity index is 3290. The molecule has 1 unspecified atom stereocenters. The summed E-state index contributed by atoms with van der Waals surface area (Å²) in [6.45, 7) is -4.83. The molecule has 706 valence electrons. The quantitative estimate of drug-likeness (QED) is 0.0306. The maximum Gasteiger partial charge on any atom is 0.217 e. The van der Waals surface area contributed by atoms with Crippen LogP contribution in [0.1, 0.15) is 34.6 Å². The van der Waals surface area contributed by atoms with Gasteiger partial charge in [0.2, 0.25) is 23.6 Å². The molecule has 54 heteroatoms. The Balaban J connectivity index is 0.983. The molecule has 0 spiro atoms. The fraction of sp³-hybridized carbons (Fsp3) is 0.941. The van der Waals surface area contributed by atoms with E-state index in [9.17, 15) is 157 Å². The minimum Gasteiger partial charge on any atom is -0.394 e. The molecule has 54 nitrogen and oxygen atoms in total.